The van der Waals surface area contributed by atoms with Crippen LogP contribution >= 0.6 is 11.5 Å². The van der Waals surface area contributed by atoms with Gasteiger partial charge in [0, 0.05) is 24.6 Å². The Bertz CT molecular complexity index is 340. The molecular weight excluding hydrogens is 258 g/mol. The summed E-state index contributed by atoms with van der Waals surface area (Å²) in [5, 5.41) is 8.79. The van der Waals surface area contributed by atoms with Gasteiger partial charge in [0.25, 0.3) is 0 Å². The second kappa shape index (κ2) is 9.23. The number of hydrogen-bond acceptors (Lipinski definition) is 6. The number of nitrogens with zero attached hydrogens (tertiary/aromatic N) is 4. The van der Waals surface area contributed by atoms with Gasteiger partial charge in [0.05, 0.1) is 0 Å². The molecule has 0 aliphatic heterocycles. The number of aromatic nitrogens is 2. The van der Waals surface area contributed by atoms with E-state index in [1.807, 2.05) is 0 Å². The van der Waals surface area contributed by atoms with Gasteiger partial charge in [-0.3, -0.25) is 4.90 Å². The lowest BCUT2D eigenvalue weighted by Gasteiger charge is -2.20. The average Bonchev–Trinajstić information content (AvgIpc) is 2.82. The van der Waals surface area contributed by atoms with E-state index < -0.39 is 0 Å². The molecule has 0 aliphatic rings. The van der Waals surface area contributed by atoms with E-state index in [9.17, 15) is 0 Å². The second-order valence-corrected chi connectivity index (χ2v) is 5.76. The standard InChI is InChI=1S/C13H27N5S/c1-5-8-14-13-12(15-16-19-13)11-18(6-2)10-7-9-17(3)4/h14H,5-11H2,1-4H3. The molecule has 0 radical (unpaired) electrons. The molecule has 0 saturated carbocycles. The van der Waals surface area contributed by atoms with Crippen LogP contribution in [0.15, 0.2) is 0 Å². The monoisotopic (exact) mass is 285 g/mol. The summed E-state index contributed by atoms with van der Waals surface area (Å²) in [6, 6.07) is 0. The molecule has 1 N–H and O–H groups in total. The molecule has 0 bridgehead atoms. The second-order valence-electron chi connectivity index (χ2n) is 5.00. The lowest BCUT2D eigenvalue weighted by atomic mass is 10.3. The van der Waals surface area contributed by atoms with Crippen LogP contribution in [0, 0.1) is 0 Å². The zero-order chi connectivity index (χ0) is 14.1. The van der Waals surface area contributed by atoms with Crippen molar-refractivity contribution in [2.24, 2.45) is 0 Å². The predicted octanol–water partition coefficient (Wildman–Crippen LogP) is 2.13. The average molecular weight is 285 g/mol. The first kappa shape index (κ1) is 16.3. The van der Waals surface area contributed by atoms with E-state index in [0.29, 0.717) is 0 Å². The van der Waals surface area contributed by atoms with Crippen LogP contribution in [0.25, 0.3) is 0 Å². The third-order valence-corrected chi connectivity index (χ3v) is 3.72. The first-order valence-corrected chi connectivity index (χ1v) is 7.86. The molecule has 0 saturated heterocycles. The molecule has 0 aliphatic carbocycles. The Morgan fingerprint density at radius 2 is 2.00 bits per heavy atom. The Kier molecular flexibility index (Phi) is 7.93. The van der Waals surface area contributed by atoms with Crippen LogP contribution in [0.4, 0.5) is 5.00 Å². The van der Waals surface area contributed by atoms with E-state index in [0.717, 1.165) is 49.8 Å². The van der Waals surface area contributed by atoms with Crippen LogP contribution in [-0.4, -0.2) is 59.7 Å². The maximum atomic E-state index is 4.25. The molecule has 0 aromatic carbocycles. The van der Waals surface area contributed by atoms with Gasteiger partial charge < -0.3 is 10.2 Å². The summed E-state index contributed by atoms with van der Waals surface area (Å²) in [6.45, 7) is 9.55. The minimum absolute atomic E-state index is 0.895. The molecule has 1 aromatic rings. The summed E-state index contributed by atoms with van der Waals surface area (Å²) >= 11 is 1.46. The van der Waals surface area contributed by atoms with Crippen LogP contribution in [0.5, 0.6) is 0 Å². The molecule has 0 fully saturated rings. The summed E-state index contributed by atoms with van der Waals surface area (Å²) in [6.07, 6.45) is 2.31. The van der Waals surface area contributed by atoms with E-state index in [1.54, 1.807) is 0 Å². The smallest absolute Gasteiger partial charge is 0.134 e. The zero-order valence-corrected chi connectivity index (χ0v) is 13.5. The van der Waals surface area contributed by atoms with E-state index >= 15 is 0 Å². The van der Waals surface area contributed by atoms with E-state index in [1.165, 1.54) is 18.0 Å². The normalized spacial score (nSPS) is 11.5. The molecule has 110 valence electrons. The van der Waals surface area contributed by atoms with Gasteiger partial charge in [0.2, 0.25) is 0 Å². The minimum Gasteiger partial charge on any atom is -0.374 e. The SMILES string of the molecule is CCCNc1snnc1CN(CC)CCCN(C)C. The molecule has 19 heavy (non-hydrogen) atoms. The Morgan fingerprint density at radius 3 is 2.63 bits per heavy atom. The highest BCUT2D eigenvalue weighted by atomic mass is 32.1. The molecule has 6 heteroatoms. The molecule has 5 nitrogen and oxygen atoms in total. The maximum Gasteiger partial charge on any atom is 0.134 e. The maximum absolute atomic E-state index is 4.25. The number of rotatable bonds is 10. The van der Waals surface area contributed by atoms with Crippen molar-refractivity contribution in [3.05, 3.63) is 5.69 Å². The van der Waals surface area contributed by atoms with Gasteiger partial charge in [-0.2, -0.15) is 0 Å². The van der Waals surface area contributed by atoms with Crippen LogP contribution in [0.2, 0.25) is 0 Å². The van der Waals surface area contributed by atoms with Gasteiger partial charge >= 0.3 is 0 Å². The molecule has 0 atom stereocenters. The fraction of sp³-hybridized carbons (Fsp3) is 0.846. The lowest BCUT2D eigenvalue weighted by molar-refractivity contribution is 0.257. The molecule has 1 aromatic heterocycles. The Hall–Kier alpha value is -0.720. The van der Waals surface area contributed by atoms with Crippen molar-refractivity contribution in [2.45, 2.75) is 33.2 Å². The summed E-state index contributed by atoms with van der Waals surface area (Å²) in [5.41, 5.74) is 1.09. The van der Waals surface area contributed by atoms with Crippen molar-refractivity contribution in [1.82, 2.24) is 19.4 Å². The van der Waals surface area contributed by atoms with Crippen LogP contribution in [0.1, 0.15) is 32.4 Å². The van der Waals surface area contributed by atoms with Crippen molar-refractivity contribution in [3.8, 4) is 0 Å². The quantitative estimate of drug-likeness (QED) is 0.713. The van der Waals surface area contributed by atoms with Crippen molar-refractivity contribution in [1.29, 1.82) is 0 Å². The molecule has 0 unspecified atom stereocenters. The Morgan fingerprint density at radius 1 is 1.21 bits per heavy atom. The molecule has 1 rings (SSSR count). The summed E-state index contributed by atoms with van der Waals surface area (Å²) in [4.78, 5) is 4.66. The van der Waals surface area contributed by atoms with Crippen molar-refractivity contribution in [3.63, 3.8) is 0 Å². The van der Waals surface area contributed by atoms with Gasteiger partial charge in [-0.05, 0) is 46.6 Å². The van der Waals surface area contributed by atoms with Crippen LogP contribution < -0.4 is 5.32 Å². The molecular formula is C13H27N5S. The molecule has 1 heterocycles. The van der Waals surface area contributed by atoms with Gasteiger partial charge in [0.1, 0.15) is 10.7 Å². The van der Waals surface area contributed by atoms with Crippen LogP contribution in [0.3, 0.4) is 0 Å². The fourth-order valence-corrected chi connectivity index (χ4v) is 2.45. The molecule has 0 spiro atoms. The number of nitrogens with one attached hydrogen (secondary N) is 1. The summed E-state index contributed by atoms with van der Waals surface area (Å²) in [7, 11) is 4.24. The van der Waals surface area contributed by atoms with Gasteiger partial charge in [-0.1, -0.05) is 18.3 Å². The van der Waals surface area contributed by atoms with E-state index in [2.05, 4.69) is 52.6 Å². The first-order chi connectivity index (χ1) is 9.17. The fourth-order valence-electron chi connectivity index (χ4n) is 1.86. The third kappa shape index (κ3) is 6.31. The largest absolute Gasteiger partial charge is 0.374 e. The van der Waals surface area contributed by atoms with Gasteiger partial charge in [-0.25, -0.2) is 0 Å². The van der Waals surface area contributed by atoms with Crippen molar-refractivity contribution < 1.29 is 0 Å². The van der Waals surface area contributed by atoms with Crippen molar-refractivity contribution >= 4 is 16.5 Å². The van der Waals surface area contributed by atoms with Gasteiger partial charge in [-0.15, -0.1) is 5.10 Å². The number of anilines is 1. The zero-order valence-electron chi connectivity index (χ0n) is 12.6. The Labute approximate surface area is 121 Å². The van der Waals surface area contributed by atoms with Gasteiger partial charge in [0.15, 0.2) is 0 Å². The lowest BCUT2D eigenvalue weighted by Crippen LogP contribution is -2.27. The van der Waals surface area contributed by atoms with Crippen molar-refractivity contribution in [2.75, 3.05) is 45.6 Å². The first-order valence-electron chi connectivity index (χ1n) is 7.09. The van der Waals surface area contributed by atoms with Crippen LogP contribution in [-0.2, 0) is 6.54 Å². The third-order valence-electron chi connectivity index (χ3n) is 2.99. The summed E-state index contributed by atoms with van der Waals surface area (Å²) in [5.74, 6) is 0. The predicted molar refractivity (Wildman–Crippen MR) is 82.8 cm³/mol. The highest BCUT2D eigenvalue weighted by Gasteiger charge is 2.11. The summed E-state index contributed by atoms with van der Waals surface area (Å²) < 4.78 is 4.07. The van der Waals surface area contributed by atoms with E-state index in [-0.39, 0.29) is 0 Å². The minimum atomic E-state index is 0.895. The topological polar surface area (TPSA) is 44.3 Å². The molecule has 0 amide bonds. The Balaban J connectivity index is 2.43. The highest BCUT2D eigenvalue weighted by molar-refractivity contribution is 7.10. The van der Waals surface area contributed by atoms with E-state index in [4.69, 9.17) is 0 Å². The number of hydrogen-bond donors (Lipinski definition) is 1. The highest BCUT2D eigenvalue weighted by Crippen LogP contribution is 2.19.